The zero-order valence-corrected chi connectivity index (χ0v) is 16.2. The molecule has 10 heteroatoms. The van der Waals surface area contributed by atoms with Crippen molar-refractivity contribution in [2.24, 2.45) is 0 Å². The normalized spacial score (nSPS) is 23.0. The molecule has 0 aliphatic carbocycles. The van der Waals surface area contributed by atoms with E-state index in [9.17, 15) is 18.8 Å². The number of carbonyl (C=O) groups excluding carboxylic acids is 3. The van der Waals surface area contributed by atoms with E-state index in [-0.39, 0.29) is 19.7 Å². The number of nitrogens with zero attached hydrogens (tertiary/aromatic N) is 2. The van der Waals surface area contributed by atoms with Gasteiger partial charge in [-0.15, -0.1) is 0 Å². The number of alkyl halides is 1. The van der Waals surface area contributed by atoms with Crippen molar-refractivity contribution in [2.45, 2.75) is 58.7 Å². The van der Waals surface area contributed by atoms with Crippen LogP contribution in [-0.4, -0.2) is 71.8 Å². The van der Waals surface area contributed by atoms with Crippen LogP contribution in [0.15, 0.2) is 11.6 Å². The first-order valence-electron chi connectivity index (χ1n) is 8.76. The zero-order chi connectivity index (χ0) is 20.4. The predicted molar refractivity (Wildman–Crippen MR) is 92.1 cm³/mol. The maximum Gasteiger partial charge on any atom is 0.407 e. The van der Waals surface area contributed by atoms with Crippen molar-refractivity contribution in [1.82, 2.24) is 15.3 Å². The fourth-order valence-electron chi connectivity index (χ4n) is 2.90. The Bertz CT molecular complexity index is 633. The Kier molecular flexibility index (Phi) is 6.30. The van der Waals surface area contributed by atoms with Crippen LogP contribution < -0.4 is 5.32 Å². The molecule has 0 aromatic rings. The predicted octanol–water partition coefficient (Wildman–Crippen LogP) is 1.74. The summed E-state index contributed by atoms with van der Waals surface area (Å²) < 4.78 is 23.6. The van der Waals surface area contributed by atoms with Gasteiger partial charge < -0.3 is 19.7 Å². The topological polar surface area (TPSA) is 97.4 Å². The lowest BCUT2D eigenvalue weighted by Gasteiger charge is -2.30. The number of esters is 1. The second kappa shape index (κ2) is 8.12. The summed E-state index contributed by atoms with van der Waals surface area (Å²) >= 11 is 0. The van der Waals surface area contributed by atoms with Gasteiger partial charge in [0.1, 0.15) is 5.60 Å². The molecular weight excluding hydrogens is 361 g/mol. The van der Waals surface area contributed by atoms with Crippen LogP contribution in [0.2, 0.25) is 0 Å². The van der Waals surface area contributed by atoms with Gasteiger partial charge >= 0.3 is 24.5 Å². The van der Waals surface area contributed by atoms with Crippen LogP contribution in [0.5, 0.6) is 0 Å². The molecule has 0 spiro atoms. The average molecular weight is 387 g/mol. The fraction of sp³-hybridized carbons (Fsp3) is 0.706. The number of alkyl carbamates (subject to hydrolysis) is 1. The standard InChI is InChI=1S/C17H26FN3O6/c1-6-25-14(22)13(18)27-21-11-7-10(2)12(20(9-11)16(21)24)8-19-15(23)26-17(3,4)5/h7,11-13H,6,8-9H2,1-5H3,(H,19,23)/t11?,12-,13-/m1/s1. The zero-order valence-electron chi connectivity index (χ0n) is 16.2. The number of rotatable bonds is 6. The number of ether oxygens (including phenoxy) is 2. The van der Waals surface area contributed by atoms with Crippen LogP contribution in [-0.2, 0) is 19.1 Å². The molecule has 3 amide bonds. The van der Waals surface area contributed by atoms with Crippen molar-refractivity contribution < 1.29 is 33.1 Å². The molecule has 3 atom stereocenters. The molecule has 1 unspecified atom stereocenters. The number of nitrogens with one attached hydrogen (secondary N) is 1. The number of urea groups is 1. The average Bonchev–Trinajstić information content (AvgIpc) is 2.79. The second-order valence-corrected chi connectivity index (χ2v) is 7.31. The fourth-order valence-corrected chi connectivity index (χ4v) is 2.90. The Morgan fingerprint density at radius 2 is 2.07 bits per heavy atom. The minimum Gasteiger partial charge on any atom is -0.462 e. The lowest BCUT2D eigenvalue weighted by atomic mass is 10.0. The van der Waals surface area contributed by atoms with Gasteiger partial charge in [-0.3, -0.25) is 0 Å². The highest BCUT2D eigenvalue weighted by molar-refractivity contribution is 5.79. The second-order valence-electron chi connectivity index (χ2n) is 7.31. The van der Waals surface area contributed by atoms with Crippen LogP contribution in [0.3, 0.4) is 0 Å². The number of carbonyl (C=O) groups is 3. The highest BCUT2D eigenvalue weighted by Gasteiger charge is 2.46. The van der Waals surface area contributed by atoms with Gasteiger partial charge in [0, 0.05) is 13.1 Å². The van der Waals surface area contributed by atoms with E-state index < -0.39 is 42.1 Å². The molecule has 27 heavy (non-hydrogen) atoms. The first-order chi connectivity index (χ1) is 12.5. The number of halogens is 1. The van der Waals surface area contributed by atoms with Crippen molar-refractivity contribution in [3.05, 3.63) is 11.6 Å². The van der Waals surface area contributed by atoms with Crippen LogP contribution in [0, 0.1) is 0 Å². The molecule has 9 nitrogen and oxygen atoms in total. The molecular formula is C17H26FN3O6. The Morgan fingerprint density at radius 3 is 2.67 bits per heavy atom. The van der Waals surface area contributed by atoms with Crippen molar-refractivity contribution in [2.75, 3.05) is 19.7 Å². The number of amides is 3. The van der Waals surface area contributed by atoms with Crippen molar-refractivity contribution in [1.29, 1.82) is 0 Å². The monoisotopic (exact) mass is 387 g/mol. The number of hydroxylamine groups is 2. The first-order valence-corrected chi connectivity index (χ1v) is 8.76. The number of fused-ring (bicyclic) bond motifs is 2. The van der Waals surface area contributed by atoms with Gasteiger partial charge in [0.2, 0.25) is 0 Å². The highest BCUT2D eigenvalue weighted by Crippen LogP contribution is 2.30. The molecule has 2 aliphatic rings. The minimum atomic E-state index is -2.39. The molecule has 1 N–H and O–H groups in total. The molecule has 0 saturated carbocycles. The van der Waals surface area contributed by atoms with Gasteiger partial charge in [0.15, 0.2) is 0 Å². The third-order valence-corrected chi connectivity index (χ3v) is 3.99. The van der Waals surface area contributed by atoms with Crippen molar-refractivity contribution in [3.63, 3.8) is 0 Å². The third-order valence-electron chi connectivity index (χ3n) is 3.99. The van der Waals surface area contributed by atoms with Crippen LogP contribution in [0.1, 0.15) is 34.6 Å². The van der Waals surface area contributed by atoms with E-state index in [4.69, 9.17) is 9.57 Å². The summed E-state index contributed by atoms with van der Waals surface area (Å²) in [5.74, 6) is -1.19. The van der Waals surface area contributed by atoms with Crippen molar-refractivity contribution in [3.8, 4) is 0 Å². The molecule has 1 fully saturated rings. The van der Waals surface area contributed by atoms with Gasteiger partial charge in [-0.25, -0.2) is 23.6 Å². The largest absolute Gasteiger partial charge is 0.462 e. The summed E-state index contributed by atoms with van der Waals surface area (Å²) in [6.07, 6.45) is -1.23. The lowest BCUT2D eigenvalue weighted by molar-refractivity contribution is -0.223. The van der Waals surface area contributed by atoms with Gasteiger partial charge in [-0.2, -0.15) is 5.06 Å². The van der Waals surface area contributed by atoms with E-state index in [1.165, 1.54) is 4.90 Å². The summed E-state index contributed by atoms with van der Waals surface area (Å²) in [5, 5.41) is 3.46. The summed E-state index contributed by atoms with van der Waals surface area (Å²) in [4.78, 5) is 42.1. The van der Waals surface area contributed by atoms with Gasteiger partial charge in [-0.05, 0) is 34.6 Å². The van der Waals surface area contributed by atoms with Crippen molar-refractivity contribution >= 4 is 18.1 Å². The van der Waals surface area contributed by atoms with Gasteiger partial charge in [0.05, 0.1) is 18.7 Å². The maximum absolute atomic E-state index is 13.9. The molecule has 2 rings (SSSR count). The van der Waals surface area contributed by atoms with Gasteiger partial charge in [-0.1, -0.05) is 11.6 Å². The summed E-state index contributed by atoms with van der Waals surface area (Å²) in [7, 11) is 0. The van der Waals surface area contributed by atoms with Crippen LogP contribution in [0.25, 0.3) is 0 Å². The molecule has 2 heterocycles. The maximum atomic E-state index is 13.9. The highest BCUT2D eigenvalue weighted by atomic mass is 19.1. The smallest absolute Gasteiger partial charge is 0.407 e. The Balaban J connectivity index is 1.99. The Hall–Kier alpha value is -2.36. The Morgan fingerprint density at radius 1 is 1.41 bits per heavy atom. The van der Waals surface area contributed by atoms with E-state index in [0.29, 0.717) is 0 Å². The van der Waals surface area contributed by atoms with E-state index >= 15 is 0 Å². The van der Waals surface area contributed by atoms with E-state index in [1.807, 2.05) is 0 Å². The molecule has 0 radical (unpaired) electrons. The summed E-state index contributed by atoms with van der Waals surface area (Å²) in [6, 6.07) is -1.53. The first kappa shape index (κ1) is 20.9. The molecule has 1 saturated heterocycles. The summed E-state index contributed by atoms with van der Waals surface area (Å²) in [6.45, 7) is 8.99. The van der Waals surface area contributed by atoms with Gasteiger partial charge in [0.25, 0.3) is 0 Å². The molecule has 152 valence electrons. The van der Waals surface area contributed by atoms with E-state index in [2.05, 4.69) is 10.1 Å². The van der Waals surface area contributed by atoms with Crippen LogP contribution in [0.4, 0.5) is 14.0 Å². The number of hydrogen-bond acceptors (Lipinski definition) is 6. The lowest BCUT2D eigenvalue weighted by Crippen LogP contribution is -2.48. The molecule has 0 aromatic carbocycles. The quantitative estimate of drug-likeness (QED) is 0.551. The Labute approximate surface area is 157 Å². The number of hydrogen-bond donors (Lipinski definition) is 1. The molecule has 0 aromatic heterocycles. The van der Waals surface area contributed by atoms with E-state index in [1.54, 1.807) is 40.7 Å². The third kappa shape index (κ3) is 5.09. The summed E-state index contributed by atoms with van der Waals surface area (Å²) in [5.41, 5.74) is 0.178. The molecule has 2 aliphatic heterocycles. The SMILES string of the molecule is CCOC(=O)[C@H](F)ON1C(=O)N2CC1C=C(C)[C@H]2CNC(=O)OC(C)(C)C. The van der Waals surface area contributed by atoms with E-state index in [0.717, 1.165) is 10.6 Å². The molecule has 2 bridgehead atoms. The van der Waals surface area contributed by atoms with Crippen LogP contribution >= 0.6 is 0 Å². The minimum absolute atomic E-state index is 0.00351.